The molecule has 1 fully saturated rings. The number of aromatic amines is 1. The van der Waals surface area contributed by atoms with Crippen molar-refractivity contribution in [3.05, 3.63) is 18.0 Å². The second-order valence-corrected chi connectivity index (χ2v) is 3.81. The van der Waals surface area contributed by atoms with Crippen molar-refractivity contribution in [3.63, 3.8) is 0 Å². The molecule has 0 aliphatic carbocycles. The van der Waals surface area contributed by atoms with E-state index in [1.807, 2.05) is 12.3 Å². The van der Waals surface area contributed by atoms with Gasteiger partial charge in [-0.05, 0) is 25.3 Å². The van der Waals surface area contributed by atoms with Crippen molar-refractivity contribution in [3.8, 4) is 0 Å². The molecule has 0 unspecified atom stereocenters. The number of hydrogen-bond donors (Lipinski definition) is 1. The molecule has 82 valence electrons. The van der Waals surface area contributed by atoms with Crippen LogP contribution < -0.4 is 4.90 Å². The molecule has 1 N–H and O–H groups in total. The standard InChI is InChI=1S/C11H16N2O2/c1-15-11(14)10-7-9(8-12-10)13-5-3-2-4-6-13/h7-8,12H,2-6H2,1H3. The smallest absolute Gasteiger partial charge is 0.354 e. The number of H-pyrrole nitrogens is 1. The summed E-state index contributed by atoms with van der Waals surface area (Å²) in [6.07, 6.45) is 5.65. The lowest BCUT2D eigenvalue weighted by atomic mass is 10.1. The van der Waals surface area contributed by atoms with Crippen LogP contribution in [-0.4, -0.2) is 31.2 Å². The topological polar surface area (TPSA) is 45.3 Å². The van der Waals surface area contributed by atoms with Gasteiger partial charge in [-0.1, -0.05) is 0 Å². The van der Waals surface area contributed by atoms with Crippen LogP contribution >= 0.6 is 0 Å². The van der Waals surface area contributed by atoms with Gasteiger partial charge in [-0.3, -0.25) is 0 Å². The Labute approximate surface area is 89.2 Å². The maximum absolute atomic E-state index is 11.2. The monoisotopic (exact) mass is 208 g/mol. The third-order valence-electron chi connectivity index (χ3n) is 2.79. The van der Waals surface area contributed by atoms with Crippen molar-refractivity contribution in [2.24, 2.45) is 0 Å². The maximum Gasteiger partial charge on any atom is 0.354 e. The number of anilines is 1. The van der Waals surface area contributed by atoms with Crippen LogP contribution in [0.25, 0.3) is 0 Å². The molecular formula is C11H16N2O2. The highest BCUT2D eigenvalue weighted by molar-refractivity contribution is 5.88. The lowest BCUT2D eigenvalue weighted by Gasteiger charge is -2.27. The number of nitrogens with one attached hydrogen (secondary N) is 1. The summed E-state index contributed by atoms with van der Waals surface area (Å²) >= 11 is 0. The van der Waals surface area contributed by atoms with E-state index in [1.165, 1.54) is 26.4 Å². The second kappa shape index (κ2) is 4.38. The molecule has 2 rings (SSSR count). The summed E-state index contributed by atoms with van der Waals surface area (Å²) in [7, 11) is 1.39. The average molecular weight is 208 g/mol. The lowest BCUT2D eigenvalue weighted by molar-refractivity contribution is 0.0595. The minimum absolute atomic E-state index is 0.307. The van der Waals surface area contributed by atoms with E-state index in [-0.39, 0.29) is 5.97 Å². The third-order valence-corrected chi connectivity index (χ3v) is 2.79. The third kappa shape index (κ3) is 2.14. The molecule has 2 heterocycles. The molecule has 0 bridgehead atoms. The molecule has 0 aromatic carbocycles. The van der Waals surface area contributed by atoms with Crippen molar-refractivity contribution < 1.29 is 9.53 Å². The van der Waals surface area contributed by atoms with E-state index >= 15 is 0 Å². The van der Waals surface area contributed by atoms with Crippen LogP contribution in [0.15, 0.2) is 12.3 Å². The molecule has 1 aromatic rings. The zero-order chi connectivity index (χ0) is 10.7. The fourth-order valence-corrected chi connectivity index (χ4v) is 1.95. The zero-order valence-electron chi connectivity index (χ0n) is 8.95. The predicted octanol–water partition coefficient (Wildman–Crippen LogP) is 1.79. The SMILES string of the molecule is COC(=O)c1cc(N2CCCCC2)c[nH]1. The van der Waals surface area contributed by atoms with E-state index in [0.29, 0.717) is 5.69 Å². The zero-order valence-corrected chi connectivity index (χ0v) is 8.95. The van der Waals surface area contributed by atoms with Crippen LogP contribution in [0.1, 0.15) is 29.8 Å². The summed E-state index contributed by atoms with van der Waals surface area (Å²) < 4.78 is 4.65. The minimum Gasteiger partial charge on any atom is -0.464 e. The fraction of sp³-hybridized carbons (Fsp3) is 0.545. The van der Waals surface area contributed by atoms with E-state index in [1.54, 1.807) is 0 Å². The number of carbonyl (C=O) groups excluding carboxylic acids is 1. The predicted molar refractivity (Wildman–Crippen MR) is 58.2 cm³/mol. The Kier molecular flexibility index (Phi) is 2.94. The second-order valence-electron chi connectivity index (χ2n) is 3.81. The van der Waals surface area contributed by atoms with Crippen LogP contribution in [0.3, 0.4) is 0 Å². The summed E-state index contributed by atoms with van der Waals surface area (Å²) in [5.41, 5.74) is 1.62. The van der Waals surface area contributed by atoms with Gasteiger partial charge in [-0.2, -0.15) is 0 Å². The highest BCUT2D eigenvalue weighted by Gasteiger charge is 2.14. The largest absolute Gasteiger partial charge is 0.464 e. The van der Waals surface area contributed by atoms with Crippen LogP contribution in [0, 0.1) is 0 Å². The maximum atomic E-state index is 11.2. The molecule has 0 amide bonds. The van der Waals surface area contributed by atoms with Gasteiger partial charge in [0.05, 0.1) is 12.8 Å². The van der Waals surface area contributed by atoms with Crippen molar-refractivity contribution in [2.45, 2.75) is 19.3 Å². The van der Waals surface area contributed by atoms with Crippen LogP contribution in [0.4, 0.5) is 5.69 Å². The summed E-state index contributed by atoms with van der Waals surface area (Å²) in [5, 5.41) is 0. The van der Waals surface area contributed by atoms with Crippen LogP contribution in [0.2, 0.25) is 0 Å². The van der Waals surface area contributed by atoms with Crippen molar-refractivity contribution >= 4 is 11.7 Å². The van der Waals surface area contributed by atoms with Gasteiger partial charge in [-0.25, -0.2) is 4.79 Å². The van der Waals surface area contributed by atoms with Gasteiger partial charge in [0.25, 0.3) is 0 Å². The summed E-state index contributed by atoms with van der Waals surface area (Å²) in [5.74, 6) is -0.307. The number of hydrogen-bond acceptors (Lipinski definition) is 3. The quantitative estimate of drug-likeness (QED) is 0.754. The van der Waals surface area contributed by atoms with Gasteiger partial charge in [0.1, 0.15) is 5.69 Å². The van der Waals surface area contributed by atoms with Crippen LogP contribution in [0.5, 0.6) is 0 Å². The van der Waals surface area contributed by atoms with Gasteiger partial charge in [0.2, 0.25) is 0 Å². The normalized spacial score (nSPS) is 16.5. The van der Waals surface area contributed by atoms with Crippen LogP contribution in [-0.2, 0) is 4.74 Å². The molecular weight excluding hydrogens is 192 g/mol. The van der Waals surface area contributed by atoms with E-state index < -0.39 is 0 Å². The minimum atomic E-state index is -0.307. The lowest BCUT2D eigenvalue weighted by Crippen LogP contribution is -2.28. The molecule has 0 spiro atoms. The first kappa shape index (κ1) is 10.1. The number of nitrogens with zero attached hydrogens (tertiary/aromatic N) is 1. The number of rotatable bonds is 2. The van der Waals surface area contributed by atoms with Gasteiger partial charge < -0.3 is 14.6 Å². The Morgan fingerprint density at radius 2 is 2.13 bits per heavy atom. The number of methoxy groups -OCH3 is 1. The number of piperidine rings is 1. The molecule has 0 saturated carbocycles. The van der Waals surface area contributed by atoms with E-state index in [2.05, 4.69) is 14.6 Å². The molecule has 4 nitrogen and oxygen atoms in total. The fourth-order valence-electron chi connectivity index (χ4n) is 1.95. The number of carbonyl (C=O) groups is 1. The first-order valence-corrected chi connectivity index (χ1v) is 5.33. The Hall–Kier alpha value is -1.45. The Morgan fingerprint density at radius 3 is 2.80 bits per heavy atom. The van der Waals surface area contributed by atoms with Crippen molar-refractivity contribution in [1.29, 1.82) is 0 Å². The van der Waals surface area contributed by atoms with E-state index in [0.717, 1.165) is 18.8 Å². The van der Waals surface area contributed by atoms with Gasteiger partial charge in [0.15, 0.2) is 0 Å². The van der Waals surface area contributed by atoms with Gasteiger partial charge in [-0.15, -0.1) is 0 Å². The Morgan fingerprint density at radius 1 is 1.40 bits per heavy atom. The molecule has 0 atom stereocenters. The molecule has 1 aliphatic heterocycles. The van der Waals surface area contributed by atoms with Gasteiger partial charge in [0, 0.05) is 19.3 Å². The average Bonchev–Trinajstić information content (AvgIpc) is 2.78. The van der Waals surface area contributed by atoms with E-state index in [9.17, 15) is 4.79 Å². The molecule has 1 aliphatic rings. The molecule has 0 radical (unpaired) electrons. The molecule has 15 heavy (non-hydrogen) atoms. The molecule has 4 heteroatoms. The summed E-state index contributed by atoms with van der Waals surface area (Å²) in [6, 6.07) is 1.86. The summed E-state index contributed by atoms with van der Waals surface area (Å²) in [4.78, 5) is 16.5. The molecule has 1 saturated heterocycles. The Balaban J connectivity index is 2.08. The number of esters is 1. The highest BCUT2D eigenvalue weighted by atomic mass is 16.5. The first-order valence-electron chi connectivity index (χ1n) is 5.33. The van der Waals surface area contributed by atoms with Crippen molar-refractivity contribution in [2.75, 3.05) is 25.1 Å². The highest BCUT2D eigenvalue weighted by Crippen LogP contribution is 2.20. The summed E-state index contributed by atoms with van der Waals surface area (Å²) in [6.45, 7) is 2.16. The van der Waals surface area contributed by atoms with Crippen molar-refractivity contribution in [1.82, 2.24) is 4.98 Å². The number of aromatic nitrogens is 1. The van der Waals surface area contributed by atoms with E-state index in [4.69, 9.17) is 0 Å². The Bertz CT molecular complexity index is 340. The van der Waals surface area contributed by atoms with Gasteiger partial charge >= 0.3 is 5.97 Å². The number of ether oxygens (including phenoxy) is 1. The molecule has 1 aromatic heterocycles. The first-order chi connectivity index (χ1) is 7.31.